The summed E-state index contributed by atoms with van der Waals surface area (Å²) < 4.78 is 5.40. The second kappa shape index (κ2) is 5.87. The monoisotopic (exact) mass is 259 g/mol. The maximum Gasteiger partial charge on any atom is 0.0620 e. The minimum absolute atomic E-state index is 0.461. The van der Waals surface area contributed by atoms with Crippen LogP contribution >= 0.6 is 23.2 Å². The Morgan fingerprint density at radius 2 is 2.19 bits per heavy atom. The summed E-state index contributed by atoms with van der Waals surface area (Å²) in [7, 11) is 0. The molecule has 0 amide bonds. The molecule has 0 radical (unpaired) electrons. The molecule has 1 fully saturated rings. The van der Waals surface area contributed by atoms with Crippen molar-refractivity contribution in [2.45, 2.75) is 18.9 Å². The molecule has 0 spiro atoms. The fourth-order valence-electron chi connectivity index (χ4n) is 1.84. The molecule has 4 heteroatoms. The van der Waals surface area contributed by atoms with Crippen LogP contribution in [-0.4, -0.2) is 25.8 Å². The standard InChI is InChI=1S/C12H15Cl2NO/c13-11-4-2-9(7-12(11)14)1-3-10-8-16-6-5-15-10/h2,4,7,10,15H,1,3,5-6,8H2. The zero-order valence-electron chi connectivity index (χ0n) is 9.01. The van der Waals surface area contributed by atoms with Gasteiger partial charge in [0.15, 0.2) is 0 Å². The zero-order chi connectivity index (χ0) is 11.4. The summed E-state index contributed by atoms with van der Waals surface area (Å²) in [6.45, 7) is 2.58. The molecule has 1 aliphatic rings. The molecule has 1 saturated heterocycles. The summed E-state index contributed by atoms with van der Waals surface area (Å²) in [6.07, 6.45) is 2.07. The van der Waals surface area contributed by atoms with Crippen LogP contribution in [0.4, 0.5) is 0 Å². The fraction of sp³-hybridized carbons (Fsp3) is 0.500. The van der Waals surface area contributed by atoms with E-state index in [9.17, 15) is 0 Å². The van der Waals surface area contributed by atoms with Crippen LogP contribution < -0.4 is 5.32 Å². The van der Waals surface area contributed by atoms with Gasteiger partial charge >= 0.3 is 0 Å². The van der Waals surface area contributed by atoms with Gasteiger partial charge in [0.25, 0.3) is 0 Å². The van der Waals surface area contributed by atoms with E-state index in [4.69, 9.17) is 27.9 Å². The van der Waals surface area contributed by atoms with Gasteiger partial charge in [-0.15, -0.1) is 0 Å². The lowest BCUT2D eigenvalue weighted by Crippen LogP contribution is -2.41. The normalized spacial score (nSPS) is 21.0. The average molecular weight is 260 g/mol. The highest BCUT2D eigenvalue weighted by molar-refractivity contribution is 6.42. The van der Waals surface area contributed by atoms with Crippen molar-refractivity contribution in [1.29, 1.82) is 0 Å². The highest BCUT2D eigenvalue weighted by atomic mass is 35.5. The molecule has 1 heterocycles. The van der Waals surface area contributed by atoms with E-state index in [2.05, 4.69) is 5.32 Å². The van der Waals surface area contributed by atoms with Crippen molar-refractivity contribution in [3.8, 4) is 0 Å². The molecule has 16 heavy (non-hydrogen) atoms. The van der Waals surface area contributed by atoms with Gasteiger partial charge in [-0.2, -0.15) is 0 Å². The van der Waals surface area contributed by atoms with Gasteiger partial charge in [-0.3, -0.25) is 0 Å². The smallest absolute Gasteiger partial charge is 0.0620 e. The van der Waals surface area contributed by atoms with Gasteiger partial charge in [-0.05, 0) is 30.5 Å². The fourth-order valence-corrected chi connectivity index (χ4v) is 2.16. The molecule has 1 aromatic carbocycles. The molecule has 88 valence electrons. The molecule has 1 unspecified atom stereocenters. The Labute approximate surface area is 106 Å². The van der Waals surface area contributed by atoms with Crippen molar-refractivity contribution in [2.24, 2.45) is 0 Å². The predicted octanol–water partition coefficient (Wildman–Crippen LogP) is 2.91. The molecule has 1 N–H and O–H groups in total. The van der Waals surface area contributed by atoms with Gasteiger partial charge in [0.1, 0.15) is 0 Å². The van der Waals surface area contributed by atoms with Gasteiger partial charge in [0.2, 0.25) is 0 Å². The van der Waals surface area contributed by atoms with Gasteiger partial charge in [-0.1, -0.05) is 29.3 Å². The number of benzene rings is 1. The Balaban J connectivity index is 1.86. The second-order valence-electron chi connectivity index (χ2n) is 4.01. The summed E-state index contributed by atoms with van der Waals surface area (Å²) in [4.78, 5) is 0. The third-order valence-electron chi connectivity index (χ3n) is 2.76. The Hall–Kier alpha value is -0.280. The Morgan fingerprint density at radius 3 is 2.88 bits per heavy atom. The third-order valence-corrected chi connectivity index (χ3v) is 3.50. The first-order chi connectivity index (χ1) is 7.75. The lowest BCUT2D eigenvalue weighted by atomic mass is 10.1. The lowest BCUT2D eigenvalue weighted by Gasteiger charge is -2.23. The van der Waals surface area contributed by atoms with Gasteiger partial charge in [0.05, 0.1) is 23.3 Å². The highest BCUT2D eigenvalue weighted by Gasteiger charge is 2.12. The Bertz CT molecular complexity index is 351. The maximum absolute atomic E-state index is 5.96. The van der Waals surface area contributed by atoms with Crippen molar-refractivity contribution >= 4 is 23.2 Å². The van der Waals surface area contributed by atoms with E-state index < -0.39 is 0 Å². The number of morpholine rings is 1. The Kier molecular flexibility index (Phi) is 4.47. The van der Waals surface area contributed by atoms with E-state index in [0.717, 1.165) is 32.6 Å². The minimum atomic E-state index is 0.461. The summed E-state index contributed by atoms with van der Waals surface area (Å²) >= 11 is 11.8. The first kappa shape index (κ1) is 12.2. The molecule has 2 nitrogen and oxygen atoms in total. The van der Waals surface area contributed by atoms with E-state index in [-0.39, 0.29) is 0 Å². The summed E-state index contributed by atoms with van der Waals surface area (Å²) in [5.74, 6) is 0. The average Bonchev–Trinajstić information content (AvgIpc) is 2.32. The van der Waals surface area contributed by atoms with Crippen LogP contribution in [0.3, 0.4) is 0 Å². The van der Waals surface area contributed by atoms with Crippen LogP contribution in [0.5, 0.6) is 0 Å². The van der Waals surface area contributed by atoms with Crippen LogP contribution in [0.25, 0.3) is 0 Å². The quantitative estimate of drug-likeness (QED) is 0.902. The summed E-state index contributed by atoms with van der Waals surface area (Å²) in [6, 6.07) is 6.28. The van der Waals surface area contributed by atoms with E-state index in [1.54, 1.807) is 0 Å². The van der Waals surface area contributed by atoms with Crippen LogP contribution in [0.15, 0.2) is 18.2 Å². The molecule has 1 atom stereocenters. The third kappa shape index (κ3) is 3.36. The number of aryl methyl sites for hydroxylation is 1. The van der Waals surface area contributed by atoms with Crippen LogP contribution in [0.2, 0.25) is 10.0 Å². The van der Waals surface area contributed by atoms with Gasteiger partial charge in [-0.25, -0.2) is 0 Å². The van der Waals surface area contributed by atoms with Crippen molar-refractivity contribution in [1.82, 2.24) is 5.32 Å². The molecule has 1 aliphatic heterocycles. The van der Waals surface area contributed by atoms with E-state index in [1.165, 1.54) is 5.56 Å². The summed E-state index contributed by atoms with van der Waals surface area (Å²) in [5.41, 5.74) is 1.22. The van der Waals surface area contributed by atoms with Crippen LogP contribution in [0.1, 0.15) is 12.0 Å². The SMILES string of the molecule is Clc1ccc(CCC2COCCN2)cc1Cl. The number of rotatable bonds is 3. The second-order valence-corrected chi connectivity index (χ2v) is 4.83. The predicted molar refractivity (Wildman–Crippen MR) is 67.4 cm³/mol. The van der Waals surface area contributed by atoms with Crippen molar-refractivity contribution in [3.63, 3.8) is 0 Å². The van der Waals surface area contributed by atoms with E-state index in [0.29, 0.717) is 16.1 Å². The molecule has 1 aromatic rings. The lowest BCUT2D eigenvalue weighted by molar-refractivity contribution is 0.0743. The van der Waals surface area contributed by atoms with Crippen LogP contribution in [-0.2, 0) is 11.2 Å². The number of hydrogen-bond donors (Lipinski definition) is 1. The van der Waals surface area contributed by atoms with Gasteiger partial charge in [0, 0.05) is 12.6 Å². The van der Waals surface area contributed by atoms with E-state index >= 15 is 0 Å². The van der Waals surface area contributed by atoms with Crippen molar-refractivity contribution in [3.05, 3.63) is 33.8 Å². The summed E-state index contributed by atoms with van der Waals surface area (Å²) in [5, 5.41) is 4.68. The minimum Gasteiger partial charge on any atom is -0.379 e. The molecule has 2 rings (SSSR count). The highest BCUT2D eigenvalue weighted by Crippen LogP contribution is 2.23. The van der Waals surface area contributed by atoms with E-state index in [1.807, 2.05) is 18.2 Å². The maximum atomic E-state index is 5.96. The first-order valence-electron chi connectivity index (χ1n) is 5.51. The van der Waals surface area contributed by atoms with Gasteiger partial charge < -0.3 is 10.1 Å². The van der Waals surface area contributed by atoms with Crippen molar-refractivity contribution in [2.75, 3.05) is 19.8 Å². The molecule has 0 aliphatic carbocycles. The molecule has 0 saturated carbocycles. The number of hydrogen-bond acceptors (Lipinski definition) is 2. The molecular weight excluding hydrogens is 245 g/mol. The van der Waals surface area contributed by atoms with Crippen molar-refractivity contribution < 1.29 is 4.74 Å². The number of ether oxygens (including phenoxy) is 1. The molecule has 0 aromatic heterocycles. The number of halogens is 2. The molecule has 0 bridgehead atoms. The van der Waals surface area contributed by atoms with Crippen LogP contribution in [0, 0.1) is 0 Å². The number of nitrogens with one attached hydrogen (secondary N) is 1. The Morgan fingerprint density at radius 1 is 1.31 bits per heavy atom. The zero-order valence-corrected chi connectivity index (χ0v) is 10.5. The first-order valence-corrected chi connectivity index (χ1v) is 6.26. The topological polar surface area (TPSA) is 21.3 Å². The molecular formula is C12H15Cl2NO. The largest absolute Gasteiger partial charge is 0.379 e.